The highest BCUT2D eigenvalue weighted by molar-refractivity contribution is 5.94. The molecule has 2 fully saturated rings. The molecule has 2 saturated heterocycles. The molecule has 0 aliphatic carbocycles. The first-order chi connectivity index (χ1) is 13.6. The van der Waals surface area contributed by atoms with Gasteiger partial charge in [-0.1, -0.05) is 24.3 Å². The lowest BCUT2D eigenvalue weighted by atomic mass is 10.1. The third-order valence-corrected chi connectivity index (χ3v) is 5.65. The summed E-state index contributed by atoms with van der Waals surface area (Å²) in [6, 6.07) is 16.3. The highest BCUT2D eigenvalue weighted by Crippen LogP contribution is 2.20. The van der Waals surface area contributed by atoms with Crippen LogP contribution < -0.4 is 4.90 Å². The molecule has 146 valence electrons. The lowest BCUT2D eigenvalue weighted by Gasteiger charge is -2.36. The summed E-state index contributed by atoms with van der Waals surface area (Å²) in [6.07, 6.45) is 1.58. The normalized spacial score (nSPS) is 17.3. The topological polar surface area (TPSA) is 43.9 Å². The van der Waals surface area contributed by atoms with E-state index in [-0.39, 0.29) is 11.8 Å². The van der Waals surface area contributed by atoms with Crippen molar-refractivity contribution in [3.05, 3.63) is 65.2 Å². The van der Waals surface area contributed by atoms with Crippen LogP contribution in [-0.2, 0) is 11.3 Å². The predicted molar refractivity (Wildman–Crippen MR) is 110 cm³/mol. The molecule has 2 aromatic rings. The molecule has 0 N–H and O–H groups in total. The SMILES string of the molecule is Cc1cccc(N2CCN(C(=O)c3cccc(CN4CCCC4=O)c3)CC2)c1. The van der Waals surface area contributed by atoms with Gasteiger partial charge in [-0.2, -0.15) is 0 Å². The average molecular weight is 377 g/mol. The molecule has 2 aliphatic rings. The number of carbonyl (C=O) groups is 2. The van der Waals surface area contributed by atoms with Crippen molar-refractivity contribution in [2.45, 2.75) is 26.3 Å². The van der Waals surface area contributed by atoms with Crippen LogP contribution >= 0.6 is 0 Å². The van der Waals surface area contributed by atoms with Gasteiger partial charge in [0.05, 0.1) is 0 Å². The third kappa shape index (κ3) is 4.03. The molecule has 2 aromatic carbocycles. The Hall–Kier alpha value is -2.82. The summed E-state index contributed by atoms with van der Waals surface area (Å²) < 4.78 is 0. The predicted octanol–water partition coefficient (Wildman–Crippen LogP) is 3.08. The van der Waals surface area contributed by atoms with Gasteiger partial charge in [0.25, 0.3) is 5.91 Å². The molecule has 28 heavy (non-hydrogen) atoms. The van der Waals surface area contributed by atoms with Crippen molar-refractivity contribution in [1.82, 2.24) is 9.80 Å². The fourth-order valence-corrected chi connectivity index (χ4v) is 4.07. The van der Waals surface area contributed by atoms with Crippen LogP contribution in [0.4, 0.5) is 5.69 Å². The number of benzene rings is 2. The number of hydrogen-bond donors (Lipinski definition) is 0. The highest BCUT2D eigenvalue weighted by Gasteiger charge is 2.24. The zero-order chi connectivity index (χ0) is 19.5. The van der Waals surface area contributed by atoms with Crippen molar-refractivity contribution in [1.29, 1.82) is 0 Å². The summed E-state index contributed by atoms with van der Waals surface area (Å²) >= 11 is 0. The second kappa shape index (κ2) is 8.05. The maximum absolute atomic E-state index is 13.0. The number of piperazine rings is 1. The molecule has 0 atom stereocenters. The van der Waals surface area contributed by atoms with Crippen LogP contribution in [0.1, 0.15) is 34.3 Å². The molecule has 4 rings (SSSR count). The van der Waals surface area contributed by atoms with E-state index in [4.69, 9.17) is 0 Å². The Kier molecular flexibility index (Phi) is 5.33. The Morgan fingerprint density at radius 1 is 0.964 bits per heavy atom. The number of carbonyl (C=O) groups excluding carboxylic acids is 2. The number of rotatable bonds is 4. The number of nitrogens with zero attached hydrogens (tertiary/aromatic N) is 3. The minimum atomic E-state index is 0.0819. The van der Waals surface area contributed by atoms with Crippen molar-refractivity contribution in [3.63, 3.8) is 0 Å². The van der Waals surface area contributed by atoms with Gasteiger partial charge in [0.1, 0.15) is 0 Å². The first-order valence-electron chi connectivity index (χ1n) is 10.1. The Balaban J connectivity index is 1.38. The van der Waals surface area contributed by atoms with Gasteiger partial charge in [-0.15, -0.1) is 0 Å². The van der Waals surface area contributed by atoms with Gasteiger partial charge in [-0.3, -0.25) is 9.59 Å². The molecule has 0 saturated carbocycles. The first-order valence-corrected chi connectivity index (χ1v) is 10.1. The molecule has 0 radical (unpaired) electrons. The van der Waals surface area contributed by atoms with E-state index < -0.39 is 0 Å². The second-order valence-electron chi connectivity index (χ2n) is 7.74. The monoisotopic (exact) mass is 377 g/mol. The van der Waals surface area contributed by atoms with E-state index in [9.17, 15) is 9.59 Å². The van der Waals surface area contributed by atoms with Gasteiger partial charge in [0.2, 0.25) is 5.91 Å². The minimum absolute atomic E-state index is 0.0819. The van der Waals surface area contributed by atoms with Crippen LogP contribution in [0.25, 0.3) is 0 Å². The van der Waals surface area contributed by atoms with Crippen LogP contribution in [0.15, 0.2) is 48.5 Å². The van der Waals surface area contributed by atoms with Crippen molar-refractivity contribution < 1.29 is 9.59 Å². The van der Waals surface area contributed by atoms with Crippen molar-refractivity contribution in [2.24, 2.45) is 0 Å². The van der Waals surface area contributed by atoms with Crippen LogP contribution in [-0.4, -0.2) is 54.3 Å². The maximum atomic E-state index is 13.0. The number of aryl methyl sites for hydroxylation is 1. The molecule has 0 bridgehead atoms. The first kappa shape index (κ1) is 18.5. The molecule has 2 amide bonds. The number of likely N-dealkylation sites (tertiary alicyclic amines) is 1. The molecule has 2 aliphatic heterocycles. The van der Waals surface area contributed by atoms with Gasteiger partial charge in [0, 0.05) is 56.9 Å². The maximum Gasteiger partial charge on any atom is 0.253 e. The fraction of sp³-hybridized carbons (Fsp3) is 0.391. The number of anilines is 1. The zero-order valence-corrected chi connectivity index (χ0v) is 16.4. The zero-order valence-electron chi connectivity index (χ0n) is 16.4. The van der Waals surface area contributed by atoms with E-state index in [0.717, 1.165) is 44.7 Å². The molecule has 0 unspecified atom stereocenters. The lowest BCUT2D eigenvalue weighted by molar-refractivity contribution is -0.128. The van der Waals surface area contributed by atoms with E-state index in [2.05, 4.69) is 36.1 Å². The lowest BCUT2D eigenvalue weighted by Crippen LogP contribution is -2.48. The van der Waals surface area contributed by atoms with Gasteiger partial charge < -0.3 is 14.7 Å². The number of hydrogen-bond acceptors (Lipinski definition) is 3. The van der Waals surface area contributed by atoms with Crippen LogP contribution in [0.2, 0.25) is 0 Å². The summed E-state index contributed by atoms with van der Waals surface area (Å²) in [6.45, 7) is 6.66. The summed E-state index contributed by atoms with van der Waals surface area (Å²) in [5, 5.41) is 0. The minimum Gasteiger partial charge on any atom is -0.368 e. The van der Waals surface area contributed by atoms with Crippen LogP contribution in [0, 0.1) is 6.92 Å². The Morgan fingerprint density at radius 2 is 1.75 bits per heavy atom. The molecule has 5 heteroatoms. The van der Waals surface area contributed by atoms with Crippen LogP contribution in [0.5, 0.6) is 0 Å². The van der Waals surface area contributed by atoms with Gasteiger partial charge in [-0.25, -0.2) is 0 Å². The quantitative estimate of drug-likeness (QED) is 0.822. The van der Waals surface area contributed by atoms with E-state index >= 15 is 0 Å². The Morgan fingerprint density at radius 3 is 2.46 bits per heavy atom. The van der Waals surface area contributed by atoms with Crippen molar-refractivity contribution in [2.75, 3.05) is 37.6 Å². The smallest absolute Gasteiger partial charge is 0.253 e. The summed E-state index contributed by atoms with van der Waals surface area (Å²) in [5.74, 6) is 0.294. The van der Waals surface area contributed by atoms with E-state index in [1.807, 2.05) is 34.1 Å². The van der Waals surface area contributed by atoms with E-state index in [1.54, 1.807) is 0 Å². The summed E-state index contributed by atoms with van der Waals surface area (Å²) in [5.41, 5.74) is 4.22. The van der Waals surface area contributed by atoms with Crippen molar-refractivity contribution in [3.8, 4) is 0 Å². The third-order valence-electron chi connectivity index (χ3n) is 5.65. The standard InChI is InChI=1S/C23H27N3O2/c1-18-5-2-8-21(15-18)24-11-13-25(14-12-24)23(28)20-7-3-6-19(16-20)17-26-10-4-9-22(26)27/h2-3,5-8,15-16H,4,9-14,17H2,1H3. The Bertz CT molecular complexity index is 872. The van der Waals surface area contributed by atoms with Crippen LogP contribution in [0.3, 0.4) is 0 Å². The second-order valence-corrected chi connectivity index (χ2v) is 7.74. The average Bonchev–Trinajstić information content (AvgIpc) is 3.12. The molecule has 0 aromatic heterocycles. The molecular formula is C23H27N3O2. The molecule has 2 heterocycles. The van der Waals surface area contributed by atoms with E-state index in [0.29, 0.717) is 18.5 Å². The molecule has 5 nitrogen and oxygen atoms in total. The van der Waals surface area contributed by atoms with Gasteiger partial charge >= 0.3 is 0 Å². The summed E-state index contributed by atoms with van der Waals surface area (Å²) in [7, 11) is 0. The Labute approximate surface area is 166 Å². The largest absolute Gasteiger partial charge is 0.368 e. The van der Waals surface area contributed by atoms with Crippen molar-refractivity contribution >= 4 is 17.5 Å². The molecular weight excluding hydrogens is 350 g/mol. The fourth-order valence-electron chi connectivity index (χ4n) is 4.07. The van der Waals surface area contributed by atoms with Gasteiger partial charge in [-0.05, 0) is 48.7 Å². The van der Waals surface area contributed by atoms with E-state index in [1.165, 1.54) is 11.3 Å². The summed E-state index contributed by atoms with van der Waals surface area (Å²) in [4.78, 5) is 31.0. The highest BCUT2D eigenvalue weighted by atomic mass is 16.2. The molecule has 0 spiro atoms. The van der Waals surface area contributed by atoms with Gasteiger partial charge in [0.15, 0.2) is 0 Å². The number of amides is 2.